The van der Waals surface area contributed by atoms with Crippen LogP contribution in [0.1, 0.15) is 39.5 Å². The first-order chi connectivity index (χ1) is 8.63. The third-order valence-electron chi connectivity index (χ3n) is 4.81. The van der Waals surface area contributed by atoms with Crippen molar-refractivity contribution in [3.8, 4) is 0 Å². The Morgan fingerprint density at radius 1 is 1.37 bits per heavy atom. The molecule has 1 saturated carbocycles. The normalized spacial score (nSPS) is 34.7. The van der Waals surface area contributed by atoms with E-state index in [4.69, 9.17) is 4.74 Å². The van der Waals surface area contributed by atoms with E-state index in [2.05, 4.69) is 24.1 Å². The molecule has 2 aliphatic rings. The van der Waals surface area contributed by atoms with Crippen molar-refractivity contribution in [3.63, 3.8) is 0 Å². The van der Waals surface area contributed by atoms with E-state index in [1.165, 1.54) is 45.3 Å². The van der Waals surface area contributed by atoms with Crippen molar-refractivity contribution in [3.05, 3.63) is 0 Å². The number of methoxy groups -OCH3 is 1. The van der Waals surface area contributed by atoms with E-state index >= 15 is 0 Å². The predicted molar refractivity (Wildman–Crippen MR) is 83.1 cm³/mol. The summed E-state index contributed by atoms with van der Waals surface area (Å²) in [5.74, 6) is 0.912. The zero-order chi connectivity index (χ0) is 13.0. The zero-order valence-corrected chi connectivity index (χ0v) is 13.6. The Bertz CT molecular complexity index is 257. The molecule has 0 aromatic carbocycles. The molecule has 3 atom stereocenters. The fourth-order valence-corrected chi connectivity index (χ4v) is 3.60. The van der Waals surface area contributed by atoms with Gasteiger partial charge in [0.15, 0.2) is 0 Å². The fraction of sp³-hybridized carbons (Fsp3) is 1.00. The summed E-state index contributed by atoms with van der Waals surface area (Å²) in [6, 6.07) is 0.799. The molecule has 0 spiro atoms. The molecule has 0 aromatic heterocycles. The second kappa shape index (κ2) is 7.82. The molecule has 1 aliphatic heterocycles. The van der Waals surface area contributed by atoms with Crippen LogP contribution in [0.4, 0.5) is 0 Å². The maximum Gasteiger partial charge on any atom is 0.0589 e. The van der Waals surface area contributed by atoms with E-state index in [1.54, 1.807) is 0 Å². The lowest BCUT2D eigenvalue weighted by Crippen LogP contribution is -2.44. The Balaban J connectivity index is 0.00000180. The van der Waals surface area contributed by atoms with Gasteiger partial charge in [0.25, 0.3) is 0 Å². The Kier molecular flexibility index (Phi) is 7.09. The summed E-state index contributed by atoms with van der Waals surface area (Å²) < 4.78 is 5.30. The molecule has 3 nitrogen and oxygen atoms in total. The largest absolute Gasteiger partial charge is 0.383 e. The lowest BCUT2D eigenvalue weighted by molar-refractivity contribution is 0.0861. The lowest BCUT2D eigenvalue weighted by atomic mass is 9.88. The lowest BCUT2D eigenvalue weighted by Gasteiger charge is -2.36. The second-order valence-electron chi connectivity index (χ2n) is 6.77. The van der Waals surface area contributed by atoms with Gasteiger partial charge in [-0.3, -0.25) is 4.90 Å². The standard InChI is InChI=1S/C15H30N2O.ClH/c1-13-4-5-14(10-13)17(8-9-18-3)12-15(2)6-7-16-11-15;/h13-14,16H,4-12H2,1-3H3;1H. The van der Waals surface area contributed by atoms with E-state index in [1.807, 2.05) is 7.11 Å². The number of hydrogen-bond donors (Lipinski definition) is 1. The summed E-state index contributed by atoms with van der Waals surface area (Å²) in [7, 11) is 1.81. The van der Waals surface area contributed by atoms with Gasteiger partial charge in [-0.15, -0.1) is 12.4 Å². The Hall–Kier alpha value is 0.170. The summed E-state index contributed by atoms with van der Waals surface area (Å²) >= 11 is 0. The molecule has 0 radical (unpaired) electrons. The van der Waals surface area contributed by atoms with Crippen LogP contribution >= 0.6 is 12.4 Å². The van der Waals surface area contributed by atoms with Crippen molar-refractivity contribution < 1.29 is 4.74 Å². The average Bonchev–Trinajstić information content (AvgIpc) is 2.94. The van der Waals surface area contributed by atoms with Crippen LogP contribution in [0.3, 0.4) is 0 Å². The van der Waals surface area contributed by atoms with Crippen LogP contribution in [-0.4, -0.2) is 50.8 Å². The van der Waals surface area contributed by atoms with E-state index in [-0.39, 0.29) is 12.4 Å². The first kappa shape index (κ1) is 17.2. The molecule has 1 saturated heterocycles. The molecular weight excluding hydrogens is 260 g/mol. The molecule has 0 bridgehead atoms. The van der Waals surface area contributed by atoms with Crippen molar-refractivity contribution in [2.75, 3.05) is 39.9 Å². The number of halogens is 1. The first-order valence-corrected chi connectivity index (χ1v) is 7.57. The molecule has 1 N–H and O–H groups in total. The Morgan fingerprint density at radius 2 is 2.16 bits per heavy atom. The third-order valence-corrected chi connectivity index (χ3v) is 4.81. The van der Waals surface area contributed by atoms with E-state index in [0.29, 0.717) is 5.41 Å². The molecule has 114 valence electrons. The molecule has 3 unspecified atom stereocenters. The highest BCUT2D eigenvalue weighted by molar-refractivity contribution is 5.85. The summed E-state index contributed by atoms with van der Waals surface area (Å²) in [4.78, 5) is 2.71. The van der Waals surface area contributed by atoms with Gasteiger partial charge in [0.2, 0.25) is 0 Å². The molecule has 1 heterocycles. The summed E-state index contributed by atoms with van der Waals surface area (Å²) in [6.07, 6.45) is 5.49. The molecule has 1 aliphatic carbocycles. The van der Waals surface area contributed by atoms with E-state index in [9.17, 15) is 0 Å². The molecule has 2 fully saturated rings. The summed E-state index contributed by atoms with van der Waals surface area (Å²) in [5.41, 5.74) is 0.472. The van der Waals surface area contributed by atoms with Gasteiger partial charge in [0.05, 0.1) is 6.61 Å². The highest BCUT2D eigenvalue weighted by atomic mass is 35.5. The molecule has 4 heteroatoms. The topological polar surface area (TPSA) is 24.5 Å². The second-order valence-corrected chi connectivity index (χ2v) is 6.77. The van der Waals surface area contributed by atoms with Gasteiger partial charge in [-0.2, -0.15) is 0 Å². The third kappa shape index (κ3) is 4.89. The van der Waals surface area contributed by atoms with Crippen molar-refractivity contribution in [2.45, 2.75) is 45.6 Å². The van der Waals surface area contributed by atoms with Crippen LogP contribution < -0.4 is 5.32 Å². The summed E-state index contributed by atoms with van der Waals surface area (Å²) in [6.45, 7) is 10.4. The first-order valence-electron chi connectivity index (χ1n) is 7.57. The maximum atomic E-state index is 5.30. The van der Waals surface area contributed by atoms with Gasteiger partial charge in [0.1, 0.15) is 0 Å². The molecule has 19 heavy (non-hydrogen) atoms. The van der Waals surface area contributed by atoms with Crippen LogP contribution in [0.2, 0.25) is 0 Å². The van der Waals surface area contributed by atoms with Gasteiger partial charge in [-0.05, 0) is 43.6 Å². The van der Waals surface area contributed by atoms with Gasteiger partial charge in [-0.1, -0.05) is 13.8 Å². The SMILES string of the molecule is COCCN(CC1(C)CCNC1)C1CCC(C)C1.Cl. The number of rotatable bonds is 6. The summed E-state index contributed by atoms with van der Waals surface area (Å²) in [5, 5.41) is 3.52. The van der Waals surface area contributed by atoms with Crippen molar-refractivity contribution in [1.29, 1.82) is 0 Å². The van der Waals surface area contributed by atoms with Crippen molar-refractivity contribution >= 4 is 12.4 Å². The van der Waals surface area contributed by atoms with Crippen LogP contribution in [-0.2, 0) is 4.74 Å². The molecular formula is C15H31ClN2O. The molecule has 2 rings (SSSR count). The van der Waals surface area contributed by atoms with Crippen LogP contribution in [0, 0.1) is 11.3 Å². The number of nitrogens with zero attached hydrogens (tertiary/aromatic N) is 1. The van der Waals surface area contributed by atoms with Crippen LogP contribution in [0.25, 0.3) is 0 Å². The van der Waals surface area contributed by atoms with Crippen LogP contribution in [0.15, 0.2) is 0 Å². The molecule has 0 amide bonds. The predicted octanol–water partition coefficient (Wildman–Crippen LogP) is 2.54. The van der Waals surface area contributed by atoms with E-state index < -0.39 is 0 Å². The maximum absolute atomic E-state index is 5.30. The quantitative estimate of drug-likeness (QED) is 0.814. The van der Waals surface area contributed by atoms with Crippen LogP contribution in [0.5, 0.6) is 0 Å². The number of nitrogens with one attached hydrogen (secondary N) is 1. The highest BCUT2D eigenvalue weighted by Gasteiger charge is 2.34. The van der Waals surface area contributed by atoms with Gasteiger partial charge in [-0.25, -0.2) is 0 Å². The van der Waals surface area contributed by atoms with Gasteiger partial charge < -0.3 is 10.1 Å². The minimum atomic E-state index is 0. The Morgan fingerprint density at radius 3 is 2.68 bits per heavy atom. The van der Waals surface area contributed by atoms with Gasteiger partial charge in [0, 0.05) is 32.8 Å². The van der Waals surface area contributed by atoms with E-state index in [0.717, 1.165) is 25.1 Å². The minimum absolute atomic E-state index is 0. The highest BCUT2D eigenvalue weighted by Crippen LogP contribution is 2.32. The van der Waals surface area contributed by atoms with Gasteiger partial charge >= 0.3 is 0 Å². The fourth-order valence-electron chi connectivity index (χ4n) is 3.60. The monoisotopic (exact) mass is 290 g/mol. The average molecular weight is 291 g/mol. The molecule has 0 aromatic rings. The smallest absolute Gasteiger partial charge is 0.0589 e. The van der Waals surface area contributed by atoms with Crippen molar-refractivity contribution in [1.82, 2.24) is 10.2 Å². The minimum Gasteiger partial charge on any atom is -0.383 e. The number of ether oxygens (including phenoxy) is 1. The number of hydrogen-bond acceptors (Lipinski definition) is 3. The zero-order valence-electron chi connectivity index (χ0n) is 12.8. The van der Waals surface area contributed by atoms with Crippen molar-refractivity contribution in [2.24, 2.45) is 11.3 Å². The Labute approximate surface area is 124 Å².